The number of hydrogen-bond acceptors (Lipinski definition) is 7. The van der Waals surface area contributed by atoms with E-state index in [4.69, 9.17) is 13.2 Å². The number of ether oxygens (including phenoxy) is 1. The minimum absolute atomic E-state index is 0.0596. The molecule has 225 valence electrons. The summed E-state index contributed by atoms with van der Waals surface area (Å²) in [5, 5.41) is 7.88. The predicted molar refractivity (Wildman–Crippen MR) is 159 cm³/mol. The molecule has 0 heterocycles. The molecular weight excluding hydrogens is 562 g/mol. The third-order valence-electron chi connectivity index (χ3n) is 6.43. The van der Waals surface area contributed by atoms with Gasteiger partial charge in [0.2, 0.25) is 0 Å². The number of rotatable bonds is 12. The second-order valence-electron chi connectivity index (χ2n) is 9.73. The smallest absolute Gasteiger partial charge is 0.466 e. The van der Waals surface area contributed by atoms with Crippen molar-refractivity contribution < 1.29 is 32.3 Å². The van der Waals surface area contributed by atoms with E-state index in [1.165, 1.54) is 25.6 Å². The monoisotopic (exact) mass is 594 g/mol. The summed E-state index contributed by atoms with van der Waals surface area (Å²) in [4.78, 5) is 39.7. The molecule has 0 aromatic heterocycles. The molecule has 1 aliphatic rings. The van der Waals surface area contributed by atoms with Gasteiger partial charge < -0.3 is 4.74 Å². The first-order valence-electron chi connectivity index (χ1n) is 13.4. The minimum Gasteiger partial charge on any atom is -0.466 e. The first-order valence-corrected chi connectivity index (χ1v) is 13.4. The summed E-state index contributed by atoms with van der Waals surface area (Å²) in [6, 6.07) is 9.97. The molecule has 0 spiro atoms. The van der Waals surface area contributed by atoms with Crippen LogP contribution >= 0.6 is 0 Å². The number of aliphatic imine (C=N–C) groups is 1. The van der Waals surface area contributed by atoms with E-state index < -0.39 is 35.6 Å². The van der Waals surface area contributed by atoms with Crippen LogP contribution in [0, 0.1) is 0 Å². The number of halogens is 3. The number of nitrogens with two attached hydrogens (primary N) is 1. The zero-order valence-electron chi connectivity index (χ0n) is 23.7. The quantitative estimate of drug-likeness (QED) is 0.0982. The number of esters is 1. The van der Waals surface area contributed by atoms with Crippen LogP contribution in [0.25, 0.3) is 5.57 Å². The van der Waals surface area contributed by atoms with Gasteiger partial charge in [-0.25, -0.2) is 4.79 Å². The molecular formula is C30H32BF3N5O4. The van der Waals surface area contributed by atoms with E-state index in [1.54, 1.807) is 37.3 Å². The Bertz CT molecular complexity index is 1450. The fraction of sp³-hybridized carbons (Fsp3) is 0.300. The number of allylic oxidation sites excluding steroid dienone is 1. The molecule has 1 radical (unpaired) electrons. The molecule has 0 saturated heterocycles. The van der Waals surface area contributed by atoms with Gasteiger partial charge in [0.05, 0.1) is 7.11 Å². The van der Waals surface area contributed by atoms with Crippen molar-refractivity contribution in [2.75, 3.05) is 13.7 Å². The number of benzene rings is 2. The molecule has 2 aromatic rings. The van der Waals surface area contributed by atoms with Gasteiger partial charge in [0.1, 0.15) is 0 Å². The van der Waals surface area contributed by atoms with E-state index in [-0.39, 0.29) is 30.3 Å². The molecule has 0 aliphatic heterocycles. The summed E-state index contributed by atoms with van der Waals surface area (Å²) >= 11 is 0. The number of hydrogen-bond donors (Lipinski definition) is 4. The van der Waals surface area contributed by atoms with Gasteiger partial charge in [-0.2, -0.15) is 0 Å². The molecule has 3 rings (SSSR count). The number of carbonyl (C=O) groups excluding carboxylic acids is 3. The fourth-order valence-electron chi connectivity index (χ4n) is 3.90. The molecule has 43 heavy (non-hydrogen) atoms. The number of nitrogens with zero attached hydrogens (tertiary/aromatic N) is 1. The molecule has 2 amide bonds. The molecule has 1 saturated carbocycles. The van der Waals surface area contributed by atoms with E-state index in [0.717, 1.165) is 31.1 Å². The van der Waals surface area contributed by atoms with Gasteiger partial charge in [0.15, 0.2) is 0 Å². The Morgan fingerprint density at radius 3 is 2.49 bits per heavy atom. The van der Waals surface area contributed by atoms with Gasteiger partial charge in [-0.05, 0) is 0 Å². The first-order chi connectivity index (χ1) is 20.4. The Hall–Kier alpha value is -4.68. The molecule has 1 fully saturated rings. The van der Waals surface area contributed by atoms with Crippen LogP contribution in [0.5, 0.6) is 0 Å². The molecule has 5 N–H and O–H groups in total. The Balaban J connectivity index is 1.71. The van der Waals surface area contributed by atoms with Gasteiger partial charge in [0, 0.05) is 0 Å². The number of nitrogens with one attached hydrogen (secondary N) is 3. The van der Waals surface area contributed by atoms with Crippen molar-refractivity contribution in [3.8, 4) is 0 Å². The van der Waals surface area contributed by atoms with Crippen molar-refractivity contribution >= 4 is 42.6 Å². The van der Waals surface area contributed by atoms with Gasteiger partial charge in [0.25, 0.3) is 0 Å². The van der Waals surface area contributed by atoms with Crippen LogP contribution in [0.2, 0.25) is 0 Å². The third kappa shape index (κ3) is 9.98. The average molecular weight is 594 g/mol. The SMILES string of the molecule is [B]=C(NC(C)c1cc(/C(C=NC2CC2)=C/N)cc(C(F)(F)F)c1)c1ccccc1CNC(=O)C(=O)NC/C=C/C(=O)OC. The molecule has 9 nitrogen and oxygen atoms in total. The van der Waals surface area contributed by atoms with Crippen LogP contribution in [0.1, 0.15) is 53.6 Å². The molecule has 1 atom stereocenters. The fourth-order valence-corrected chi connectivity index (χ4v) is 3.90. The Labute approximate surface area is 248 Å². The second kappa shape index (κ2) is 15.0. The van der Waals surface area contributed by atoms with Crippen LogP contribution in [-0.4, -0.2) is 56.8 Å². The number of alkyl halides is 3. The van der Waals surface area contributed by atoms with Crippen molar-refractivity contribution in [2.45, 2.75) is 44.6 Å². The first kappa shape index (κ1) is 32.8. The van der Waals surface area contributed by atoms with E-state index in [2.05, 4.69) is 25.7 Å². The van der Waals surface area contributed by atoms with Crippen molar-refractivity contribution in [3.63, 3.8) is 0 Å². The van der Waals surface area contributed by atoms with Gasteiger partial charge >= 0.3 is 232 Å². The molecule has 1 unspecified atom stereocenters. The number of amides is 2. The normalized spacial score (nSPS) is 14.4. The predicted octanol–water partition coefficient (Wildman–Crippen LogP) is 2.70. The maximum absolute atomic E-state index is 13.8. The third-order valence-corrected chi connectivity index (χ3v) is 6.43. The van der Waals surface area contributed by atoms with Crippen LogP contribution in [-0.2, 0) is 31.8 Å². The van der Waals surface area contributed by atoms with Crippen molar-refractivity contribution in [1.29, 1.82) is 0 Å². The van der Waals surface area contributed by atoms with Crippen molar-refractivity contribution in [2.24, 2.45) is 10.7 Å². The number of methoxy groups -OCH3 is 1. The summed E-state index contributed by atoms with van der Waals surface area (Å²) in [5.41, 5.74) is 7.05. The summed E-state index contributed by atoms with van der Waals surface area (Å²) in [6.07, 6.45) is 2.45. The number of carbonyl (C=O) groups is 3. The molecule has 2 aromatic carbocycles. The standard InChI is InChI=1S/C30H32BF3N5O4/c1-18(20-12-21(14-23(13-20)30(32,33)34)22(15-35)17-37-24-9-10-24)39-27(31)25-7-4-3-6-19(25)16-38-29(42)28(41)36-11-5-8-26(40)43-2/h3-8,12-15,17-18,24,39H,9-11,16,35H2,1-2H3,(H,36,41)(H,38,42)/b8-5+,22-15+,37-17?. The van der Waals surface area contributed by atoms with Crippen LogP contribution in [0.3, 0.4) is 0 Å². The van der Waals surface area contributed by atoms with Crippen LogP contribution < -0.4 is 21.7 Å². The summed E-state index contributed by atoms with van der Waals surface area (Å²) in [7, 11) is 7.56. The second-order valence-corrected chi connectivity index (χ2v) is 9.73. The molecule has 1 aliphatic carbocycles. The Kier molecular flexibility index (Phi) is 11.4. The van der Waals surface area contributed by atoms with Crippen molar-refractivity contribution in [1.82, 2.24) is 16.0 Å². The summed E-state index contributed by atoms with van der Waals surface area (Å²) in [5.74, 6) is -2.42. The van der Waals surface area contributed by atoms with E-state index in [9.17, 15) is 27.6 Å². The van der Waals surface area contributed by atoms with Gasteiger partial charge in [-0.1, -0.05) is 0 Å². The van der Waals surface area contributed by atoms with Crippen LogP contribution in [0.4, 0.5) is 13.2 Å². The molecule has 0 bridgehead atoms. The molecule has 13 heteroatoms. The zero-order chi connectivity index (χ0) is 31.6. The Morgan fingerprint density at radius 1 is 1.14 bits per heavy atom. The minimum atomic E-state index is -4.60. The van der Waals surface area contributed by atoms with E-state index >= 15 is 0 Å². The topological polar surface area (TPSA) is 135 Å². The van der Waals surface area contributed by atoms with Crippen molar-refractivity contribution in [3.05, 3.63) is 88.6 Å². The van der Waals surface area contributed by atoms with Crippen LogP contribution in [0.15, 0.2) is 65.8 Å². The zero-order valence-corrected chi connectivity index (χ0v) is 23.7. The van der Waals surface area contributed by atoms with Gasteiger partial charge in [-0.15, -0.1) is 0 Å². The Morgan fingerprint density at radius 2 is 1.84 bits per heavy atom. The summed E-state index contributed by atoms with van der Waals surface area (Å²) in [6.45, 7) is 1.54. The van der Waals surface area contributed by atoms with E-state index in [1.807, 2.05) is 0 Å². The van der Waals surface area contributed by atoms with Gasteiger partial charge in [-0.3, -0.25) is 0 Å². The summed E-state index contributed by atoms with van der Waals surface area (Å²) < 4.78 is 45.8. The van der Waals surface area contributed by atoms with E-state index in [0.29, 0.717) is 22.3 Å². The maximum atomic E-state index is 13.8. The average Bonchev–Trinajstić information content (AvgIpc) is 3.82.